The van der Waals surface area contributed by atoms with E-state index >= 15 is 0 Å². The van der Waals surface area contributed by atoms with Crippen LogP contribution in [0.2, 0.25) is 0 Å². The topological polar surface area (TPSA) is 137 Å². The quantitative estimate of drug-likeness (QED) is 0.484. The van der Waals surface area contributed by atoms with Gasteiger partial charge in [0.25, 0.3) is 5.91 Å². The molecule has 28 heavy (non-hydrogen) atoms. The summed E-state index contributed by atoms with van der Waals surface area (Å²) in [4.78, 5) is 28.5. The molecule has 0 spiro atoms. The van der Waals surface area contributed by atoms with E-state index in [0.29, 0.717) is 29.7 Å². The molecular weight excluding hydrogens is 356 g/mol. The molecule has 4 aromatic rings. The van der Waals surface area contributed by atoms with Crippen LogP contribution in [0, 0.1) is 6.92 Å². The minimum Gasteiger partial charge on any atom is -0.384 e. The smallest absolute Gasteiger partial charge is 0.267 e. The Morgan fingerprint density at radius 2 is 2.04 bits per heavy atom. The fourth-order valence-electron chi connectivity index (χ4n) is 2.94. The summed E-state index contributed by atoms with van der Waals surface area (Å²) >= 11 is 0. The molecular formula is C19H18N8O. The van der Waals surface area contributed by atoms with Gasteiger partial charge in [0.2, 0.25) is 0 Å². The van der Waals surface area contributed by atoms with Crippen molar-refractivity contribution in [1.82, 2.24) is 24.3 Å². The van der Waals surface area contributed by atoms with Gasteiger partial charge in [-0.1, -0.05) is 12.1 Å². The van der Waals surface area contributed by atoms with E-state index in [1.165, 1.54) is 0 Å². The van der Waals surface area contributed by atoms with Gasteiger partial charge in [0.15, 0.2) is 5.82 Å². The number of rotatable bonds is 5. The van der Waals surface area contributed by atoms with Gasteiger partial charge in [-0.25, -0.2) is 15.0 Å². The van der Waals surface area contributed by atoms with Crippen molar-refractivity contribution in [3.05, 3.63) is 65.9 Å². The third-order valence-electron chi connectivity index (χ3n) is 4.17. The fraction of sp³-hybridized carbons (Fsp3) is 0.105. The molecule has 9 heteroatoms. The van der Waals surface area contributed by atoms with E-state index < -0.39 is 5.91 Å². The first kappa shape index (κ1) is 17.4. The number of pyridine rings is 2. The number of aryl methyl sites for hydroxylation is 1. The van der Waals surface area contributed by atoms with Gasteiger partial charge in [0, 0.05) is 25.0 Å². The number of aromatic nitrogens is 5. The van der Waals surface area contributed by atoms with Crippen LogP contribution in [-0.2, 0) is 6.54 Å². The van der Waals surface area contributed by atoms with E-state index in [4.69, 9.17) is 11.5 Å². The largest absolute Gasteiger partial charge is 0.384 e. The molecule has 5 N–H and O–H groups in total. The lowest BCUT2D eigenvalue weighted by molar-refractivity contribution is 0.0995. The monoisotopic (exact) mass is 374 g/mol. The number of primary amides is 1. The third-order valence-corrected chi connectivity index (χ3v) is 4.17. The highest BCUT2D eigenvalue weighted by atomic mass is 16.1. The maximum absolute atomic E-state index is 11.2. The number of nitrogens with two attached hydrogens (primary N) is 2. The van der Waals surface area contributed by atoms with Gasteiger partial charge in [-0.05, 0) is 30.7 Å². The SMILES string of the molecule is Cc1nc(N)cc(-c2c(NCc3ccc(C(N)=O)nc3)nc3ccccn23)n1. The van der Waals surface area contributed by atoms with Crippen molar-refractivity contribution in [3.63, 3.8) is 0 Å². The molecule has 4 heterocycles. The Balaban J connectivity index is 1.71. The second-order valence-corrected chi connectivity index (χ2v) is 6.23. The minimum atomic E-state index is -0.557. The number of nitrogens with one attached hydrogen (secondary N) is 1. The van der Waals surface area contributed by atoms with Crippen LogP contribution in [0.25, 0.3) is 17.0 Å². The van der Waals surface area contributed by atoms with E-state index in [1.54, 1.807) is 31.3 Å². The first-order valence-corrected chi connectivity index (χ1v) is 8.58. The van der Waals surface area contributed by atoms with Crippen LogP contribution in [-0.4, -0.2) is 30.2 Å². The van der Waals surface area contributed by atoms with Gasteiger partial charge in [-0.3, -0.25) is 14.2 Å². The molecule has 4 aromatic heterocycles. The number of fused-ring (bicyclic) bond motifs is 1. The predicted octanol–water partition coefficient (Wildman–Crippen LogP) is 1.79. The van der Waals surface area contributed by atoms with Gasteiger partial charge >= 0.3 is 0 Å². The molecule has 0 aromatic carbocycles. The molecule has 0 aliphatic heterocycles. The molecule has 0 atom stereocenters. The number of carbonyl (C=O) groups excluding carboxylic acids is 1. The zero-order valence-corrected chi connectivity index (χ0v) is 15.1. The Bertz CT molecular complexity index is 1150. The first-order valence-electron chi connectivity index (χ1n) is 8.58. The van der Waals surface area contributed by atoms with E-state index in [-0.39, 0.29) is 5.69 Å². The minimum absolute atomic E-state index is 0.226. The van der Waals surface area contributed by atoms with Crippen LogP contribution in [0.3, 0.4) is 0 Å². The summed E-state index contributed by atoms with van der Waals surface area (Å²) in [5, 5.41) is 3.32. The first-order chi connectivity index (χ1) is 13.5. The number of hydrogen-bond donors (Lipinski definition) is 3. The van der Waals surface area contributed by atoms with Crippen LogP contribution in [0.4, 0.5) is 11.6 Å². The average molecular weight is 374 g/mol. The highest BCUT2D eigenvalue weighted by Gasteiger charge is 2.16. The summed E-state index contributed by atoms with van der Waals surface area (Å²) in [6, 6.07) is 10.9. The number of carbonyl (C=O) groups is 1. The number of anilines is 2. The molecule has 0 radical (unpaired) electrons. The molecule has 0 aliphatic rings. The highest BCUT2D eigenvalue weighted by Crippen LogP contribution is 2.29. The molecule has 140 valence electrons. The van der Waals surface area contributed by atoms with Gasteiger partial charge in [-0.15, -0.1) is 0 Å². The number of nitrogens with zero attached hydrogens (tertiary/aromatic N) is 5. The molecule has 0 saturated carbocycles. The summed E-state index contributed by atoms with van der Waals surface area (Å²) in [6.45, 7) is 2.25. The molecule has 0 fully saturated rings. The maximum Gasteiger partial charge on any atom is 0.267 e. The van der Waals surface area contributed by atoms with Crippen molar-refractivity contribution in [3.8, 4) is 11.4 Å². The van der Waals surface area contributed by atoms with Crippen LogP contribution in [0.1, 0.15) is 21.9 Å². The summed E-state index contributed by atoms with van der Waals surface area (Å²) < 4.78 is 1.94. The van der Waals surface area contributed by atoms with E-state index in [0.717, 1.165) is 16.9 Å². The Morgan fingerprint density at radius 1 is 1.18 bits per heavy atom. The number of imidazole rings is 1. The number of amides is 1. The van der Waals surface area contributed by atoms with Crippen molar-refractivity contribution in [1.29, 1.82) is 0 Å². The van der Waals surface area contributed by atoms with Crippen molar-refractivity contribution in [2.45, 2.75) is 13.5 Å². The predicted molar refractivity (Wildman–Crippen MR) is 105 cm³/mol. The number of hydrogen-bond acceptors (Lipinski definition) is 7. The molecule has 1 amide bonds. The summed E-state index contributed by atoms with van der Waals surface area (Å²) in [5.74, 6) is 1.07. The van der Waals surface area contributed by atoms with Crippen molar-refractivity contribution in [2.24, 2.45) is 5.73 Å². The Morgan fingerprint density at radius 3 is 2.75 bits per heavy atom. The molecule has 0 bridgehead atoms. The van der Waals surface area contributed by atoms with Gasteiger partial charge in [0.05, 0.1) is 5.69 Å². The Hall–Kier alpha value is -4.01. The second-order valence-electron chi connectivity index (χ2n) is 6.23. The van der Waals surface area contributed by atoms with Gasteiger partial charge in [-0.2, -0.15) is 0 Å². The zero-order valence-electron chi connectivity index (χ0n) is 15.1. The molecule has 0 aliphatic carbocycles. The van der Waals surface area contributed by atoms with Gasteiger partial charge in [0.1, 0.15) is 28.7 Å². The van der Waals surface area contributed by atoms with Crippen LogP contribution in [0.5, 0.6) is 0 Å². The summed E-state index contributed by atoms with van der Waals surface area (Å²) in [6.07, 6.45) is 3.52. The van der Waals surface area contributed by atoms with Gasteiger partial charge < -0.3 is 16.8 Å². The number of nitrogen functional groups attached to an aromatic ring is 1. The molecule has 4 rings (SSSR count). The fourth-order valence-corrected chi connectivity index (χ4v) is 2.94. The lowest BCUT2D eigenvalue weighted by Gasteiger charge is -2.08. The van der Waals surface area contributed by atoms with E-state index in [9.17, 15) is 4.79 Å². The van der Waals surface area contributed by atoms with Crippen molar-refractivity contribution >= 4 is 23.2 Å². The lowest BCUT2D eigenvalue weighted by Crippen LogP contribution is -2.13. The van der Waals surface area contributed by atoms with Crippen molar-refractivity contribution in [2.75, 3.05) is 11.1 Å². The molecule has 0 unspecified atom stereocenters. The Kier molecular flexibility index (Phi) is 4.32. The van der Waals surface area contributed by atoms with Crippen molar-refractivity contribution < 1.29 is 4.79 Å². The Labute approximate surface area is 160 Å². The van der Waals surface area contributed by atoms with E-state index in [1.807, 2.05) is 28.8 Å². The van der Waals surface area contributed by atoms with Crippen LogP contribution < -0.4 is 16.8 Å². The third kappa shape index (κ3) is 3.32. The second kappa shape index (κ2) is 6.95. The van der Waals surface area contributed by atoms with E-state index in [2.05, 4.69) is 25.3 Å². The average Bonchev–Trinajstić information content (AvgIpc) is 3.04. The highest BCUT2D eigenvalue weighted by molar-refractivity contribution is 5.90. The standard InChI is InChI=1S/C19H18N8O/c1-11-24-14(8-15(20)25-11)17-19(26-16-4-2-3-7-27(16)17)23-10-12-5-6-13(18(21)28)22-9-12/h2-9,23H,10H2,1H3,(H2,21,28)(H2,20,24,25). The van der Waals surface area contributed by atoms with Crippen LogP contribution in [0.15, 0.2) is 48.8 Å². The summed E-state index contributed by atoms with van der Waals surface area (Å²) in [7, 11) is 0. The maximum atomic E-state index is 11.2. The normalized spacial score (nSPS) is 10.9. The zero-order chi connectivity index (χ0) is 19.7. The lowest BCUT2D eigenvalue weighted by atomic mass is 10.2. The molecule has 9 nitrogen and oxygen atoms in total. The summed E-state index contributed by atoms with van der Waals surface area (Å²) in [5.41, 5.74) is 14.5. The molecule has 0 saturated heterocycles. The van der Waals surface area contributed by atoms with Crippen LogP contribution >= 0.6 is 0 Å².